The molecule has 8 nitrogen and oxygen atoms in total. The van der Waals surface area contributed by atoms with E-state index in [2.05, 4.69) is 15.1 Å². The number of aromatic nitrogens is 2. The Morgan fingerprint density at radius 1 is 1.52 bits per heavy atom. The van der Waals surface area contributed by atoms with E-state index < -0.39 is 5.25 Å². The molecule has 0 aromatic carbocycles. The molecular formula is C15H15N5O3S2. The van der Waals surface area contributed by atoms with Crippen molar-refractivity contribution in [3.05, 3.63) is 23.4 Å². The lowest BCUT2D eigenvalue weighted by Gasteiger charge is -2.16. The molecule has 10 heteroatoms. The smallest absolute Gasteiger partial charge is 0.246 e. The van der Waals surface area contributed by atoms with Gasteiger partial charge in [-0.15, -0.1) is 11.3 Å². The number of hydrogen-bond acceptors (Lipinski definition) is 8. The van der Waals surface area contributed by atoms with Crippen molar-refractivity contribution in [2.45, 2.75) is 18.2 Å². The average Bonchev–Trinajstić information content (AvgIpc) is 3.35. The Morgan fingerprint density at radius 3 is 3.16 bits per heavy atom. The summed E-state index contributed by atoms with van der Waals surface area (Å²) in [6, 6.07) is 3.82. The second-order valence-corrected chi connectivity index (χ2v) is 7.82. The molecule has 130 valence electrons. The maximum absolute atomic E-state index is 12.4. The molecule has 1 fully saturated rings. The van der Waals surface area contributed by atoms with Crippen LogP contribution in [0.25, 0.3) is 10.7 Å². The minimum absolute atomic E-state index is 0.0271. The average molecular weight is 377 g/mol. The van der Waals surface area contributed by atoms with Gasteiger partial charge in [0.1, 0.15) is 5.25 Å². The van der Waals surface area contributed by atoms with Gasteiger partial charge >= 0.3 is 0 Å². The van der Waals surface area contributed by atoms with E-state index in [0.29, 0.717) is 24.8 Å². The summed E-state index contributed by atoms with van der Waals surface area (Å²) in [4.78, 5) is 37.3. The summed E-state index contributed by atoms with van der Waals surface area (Å²) in [5, 5.41) is 6.22. The number of amidine groups is 1. The monoisotopic (exact) mass is 377 g/mol. The van der Waals surface area contributed by atoms with Crippen molar-refractivity contribution in [2.75, 3.05) is 20.1 Å². The maximum atomic E-state index is 12.4. The van der Waals surface area contributed by atoms with Gasteiger partial charge in [0.15, 0.2) is 5.17 Å². The third-order valence-electron chi connectivity index (χ3n) is 3.96. The highest BCUT2D eigenvalue weighted by Gasteiger charge is 2.41. The molecule has 1 atom stereocenters. The molecule has 0 aliphatic carbocycles. The summed E-state index contributed by atoms with van der Waals surface area (Å²) < 4.78 is 5.21. The fraction of sp³-hybridized carbons (Fsp3) is 0.400. The first-order chi connectivity index (χ1) is 12.1. The molecule has 2 amide bonds. The van der Waals surface area contributed by atoms with Crippen molar-refractivity contribution in [1.82, 2.24) is 19.9 Å². The van der Waals surface area contributed by atoms with Crippen LogP contribution in [-0.4, -0.2) is 62.3 Å². The van der Waals surface area contributed by atoms with Gasteiger partial charge < -0.3 is 9.42 Å². The van der Waals surface area contributed by atoms with Crippen LogP contribution in [-0.2, 0) is 16.1 Å². The van der Waals surface area contributed by atoms with E-state index >= 15 is 0 Å². The second kappa shape index (κ2) is 6.60. The van der Waals surface area contributed by atoms with Crippen LogP contribution in [0.3, 0.4) is 0 Å². The zero-order chi connectivity index (χ0) is 17.4. The van der Waals surface area contributed by atoms with Crippen LogP contribution < -0.4 is 0 Å². The predicted molar refractivity (Wildman–Crippen MR) is 94.1 cm³/mol. The van der Waals surface area contributed by atoms with E-state index in [-0.39, 0.29) is 24.8 Å². The lowest BCUT2D eigenvalue weighted by Crippen LogP contribution is -2.34. The quantitative estimate of drug-likeness (QED) is 0.783. The number of carbonyl (C=O) groups is 2. The van der Waals surface area contributed by atoms with Crippen molar-refractivity contribution in [3.63, 3.8) is 0 Å². The number of aliphatic imine (C=N–C) groups is 1. The van der Waals surface area contributed by atoms with Gasteiger partial charge in [-0.3, -0.25) is 19.5 Å². The van der Waals surface area contributed by atoms with Gasteiger partial charge in [-0.25, -0.2) is 0 Å². The summed E-state index contributed by atoms with van der Waals surface area (Å²) >= 11 is 2.90. The van der Waals surface area contributed by atoms with Crippen molar-refractivity contribution >= 4 is 40.1 Å². The van der Waals surface area contributed by atoms with Crippen LogP contribution in [0.4, 0.5) is 0 Å². The van der Waals surface area contributed by atoms with Gasteiger partial charge in [0.25, 0.3) is 0 Å². The van der Waals surface area contributed by atoms with Gasteiger partial charge in [-0.2, -0.15) is 4.98 Å². The van der Waals surface area contributed by atoms with E-state index in [9.17, 15) is 9.59 Å². The van der Waals surface area contributed by atoms with Gasteiger partial charge in [0, 0.05) is 20.0 Å². The SMILES string of the molecule is CN(Cc1nc(-c2cccs2)no1)C(=O)CC1SC2=NCCN2C1=O. The van der Waals surface area contributed by atoms with Gasteiger partial charge in [0.05, 0.1) is 18.0 Å². The highest BCUT2D eigenvalue weighted by atomic mass is 32.2. The van der Waals surface area contributed by atoms with Crippen LogP contribution in [0.5, 0.6) is 0 Å². The Balaban J connectivity index is 1.36. The summed E-state index contributed by atoms with van der Waals surface area (Å²) in [6.07, 6.45) is 0.140. The Morgan fingerprint density at radius 2 is 2.40 bits per heavy atom. The van der Waals surface area contributed by atoms with E-state index in [1.165, 1.54) is 28.0 Å². The summed E-state index contributed by atoms with van der Waals surface area (Å²) in [6.45, 7) is 1.49. The number of thiophene rings is 1. The Hall–Kier alpha value is -2.20. The van der Waals surface area contributed by atoms with Gasteiger partial charge in [0.2, 0.25) is 23.5 Å². The van der Waals surface area contributed by atoms with Crippen LogP contribution >= 0.6 is 23.1 Å². The molecule has 0 radical (unpaired) electrons. The topological polar surface area (TPSA) is 91.9 Å². The molecule has 2 aliphatic heterocycles. The molecule has 0 saturated carbocycles. The lowest BCUT2D eigenvalue weighted by molar-refractivity contribution is -0.134. The maximum Gasteiger partial charge on any atom is 0.246 e. The molecule has 2 aliphatic rings. The minimum atomic E-state index is -0.390. The molecule has 2 aromatic rings. The van der Waals surface area contributed by atoms with Gasteiger partial charge in [-0.05, 0) is 11.4 Å². The second-order valence-electron chi connectivity index (χ2n) is 5.70. The van der Waals surface area contributed by atoms with Crippen molar-refractivity contribution < 1.29 is 14.1 Å². The zero-order valence-corrected chi connectivity index (χ0v) is 15.0. The van der Waals surface area contributed by atoms with E-state index in [1.54, 1.807) is 11.9 Å². The molecule has 2 aromatic heterocycles. The molecular weight excluding hydrogens is 362 g/mol. The molecule has 1 saturated heterocycles. The first-order valence-corrected chi connectivity index (χ1v) is 9.50. The number of amides is 2. The summed E-state index contributed by atoms with van der Waals surface area (Å²) in [5.41, 5.74) is 0. The Bertz CT molecular complexity index is 832. The highest BCUT2D eigenvalue weighted by molar-refractivity contribution is 8.15. The summed E-state index contributed by atoms with van der Waals surface area (Å²) in [5.74, 6) is 0.727. The lowest BCUT2D eigenvalue weighted by atomic mass is 10.2. The molecule has 0 N–H and O–H groups in total. The minimum Gasteiger partial charge on any atom is -0.337 e. The van der Waals surface area contributed by atoms with E-state index in [4.69, 9.17) is 4.52 Å². The fourth-order valence-corrected chi connectivity index (χ4v) is 4.47. The van der Waals surface area contributed by atoms with Crippen LogP contribution in [0, 0.1) is 0 Å². The standard InChI is InChI=1S/C15H15N5O3S2/c1-19(8-11-17-13(18-23-11)9-3-2-6-24-9)12(21)7-10-14(22)20-5-4-16-15(20)25-10/h2-3,6,10H,4-5,7-8H2,1H3. The molecule has 4 heterocycles. The molecule has 0 bridgehead atoms. The van der Waals surface area contributed by atoms with Crippen molar-refractivity contribution in [2.24, 2.45) is 4.99 Å². The Labute approximate surface area is 151 Å². The predicted octanol–water partition coefficient (Wildman–Crippen LogP) is 1.46. The molecule has 1 unspecified atom stereocenters. The van der Waals surface area contributed by atoms with Crippen LogP contribution in [0.2, 0.25) is 0 Å². The number of nitrogens with zero attached hydrogens (tertiary/aromatic N) is 5. The fourth-order valence-electron chi connectivity index (χ4n) is 2.64. The normalized spacial score (nSPS) is 19.2. The van der Waals surface area contributed by atoms with E-state index in [1.807, 2.05) is 17.5 Å². The largest absolute Gasteiger partial charge is 0.337 e. The number of carbonyl (C=O) groups excluding carboxylic acids is 2. The zero-order valence-electron chi connectivity index (χ0n) is 13.4. The number of rotatable bonds is 5. The first-order valence-electron chi connectivity index (χ1n) is 7.75. The number of hydrogen-bond donors (Lipinski definition) is 0. The molecule has 4 rings (SSSR count). The van der Waals surface area contributed by atoms with Crippen LogP contribution in [0.15, 0.2) is 27.0 Å². The van der Waals surface area contributed by atoms with Crippen molar-refractivity contribution in [1.29, 1.82) is 0 Å². The highest BCUT2D eigenvalue weighted by Crippen LogP contribution is 2.32. The third kappa shape index (κ3) is 3.19. The Kier molecular flexibility index (Phi) is 4.30. The van der Waals surface area contributed by atoms with Crippen molar-refractivity contribution in [3.8, 4) is 10.7 Å². The summed E-state index contributed by atoms with van der Waals surface area (Å²) in [7, 11) is 1.67. The third-order valence-corrected chi connectivity index (χ3v) is 6.04. The molecule has 25 heavy (non-hydrogen) atoms. The number of thioether (sulfide) groups is 1. The first kappa shape index (κ1) is 16.3. The van der Waals surface area contributed by atoms with Gasteiger partial charge in [-0.1, -0.05) is 23.0 Å². The van der Waals surface area contributed by atoms with E-state index in [0.717, 1.165) is 10.0 Å². The van der Waals surface area contributed by atoms with Crippen LogP contribution in [0.1, 0.15) is 12.3 Å². The number of fused-ring (bicyclic) bond motifs is 1. The molecule has 0 spiro atoms.